The number of aryl methyl sites for hydroxylation is 1. The molecule has 0 aliphatic heterocycles. The van der Waals surface area contributed by atoms with E-state index in [1.165, 1.54) is 6.07 Å². The maximum atomic E-state index is 10.8. The van der Waals surface area contributed by atoms with Gasteiger partial charge in [0.25, 0.3) is 5.69 Å². The zero-order chi connectivity index (χ0) is 11.6. The second-order valence-corrected chi connectivity index (χ2v) is 3.85. The van der Waals surface area contributed by atoms with Crippen molar-refractivity contribution >= 4 is 5.69 Å². The van der Waals surface area contributed by atoms with Gasteiger partial charge >= 0.3 is 0 Å². The first-order valence-electron chi connectivity index (χ1n) is 4.86. The zero-order valence-corrected chi connectivity index (χ0v) is 9.10. The lowest BCUT2D eigenvalue weighted by Crippen LogP contribution is -2.12. The molecule has 4 nitrogen and oxygen atoms in total. The molecule has 0 spiro atoms. The molecule has 1 aromatic rings. The van der Waals surface area contributed by atoms with Gasteiger partial charge in [-0.15, -0.1) is 0 Å². The average Bonchev–Trinajstić information content (AvgIpc) is 2.16. The number of aliphatic hydroxyl groups excluding tert-OH is 1. The summed E-state index contributed by atoms with van der Waals surface area (Å²) in [6.07, 6.45) is -0.591. The number of nitro benzene ring substituents is 1. The van der Waals surface area contributed by atoms with Crippen LogP contribution in [0, 0.1) is 17.0 Å². The van der Waals surface area contributed by atoms with Gasteiger partial charge in [0.05, 0.1) is 11.0 Å². The van der Waals surface area contributed by atoms with Crippen LogP contribution in [0.25, 0.3) is 0 Å². The van der Waals surface area contributed by atoms with E-state index in [-0.39, 0.29) is 11.6 Å². The molecule has 0 fully saturated rings. The number of nitrogens with zero attached hydrogens (tertiary/aromatic N) is 1. The molecular weight excluding hydrogens is 194 g/mol. The van der Waals surface area contributed by atoms with Gasteiger partial charge in [0.15, 0.2) is 0 Å². The molecule has 4 heteroatoms. The minimum absolute atomic E-state index is 0.0865. The van der Waals surface area contributed by atoms with Crippen molar-refractivity contribution in [1.82, 2.24) is 0 Å². The fourth-order valence-electron chi connectivity index (χ4n) is 1.46. The molecule has 0 radical (unpaired) electrons. The molecule has 1 N–H and O–H groups in total. The van der Waals surface area contributed by atoms with Gasteiger partial charge in [0, 0.05) is 17.5 Å². The number of nitro groups is 1. The molecule has 1 rings (SSSR count). The molecule has 0 saturated carbocycles. The van der Waals surface area contributed by atoms with E-state index in [0.717, 1.165) is 5.56 Å². The number of hydrogen-bond donors (Lipinski definition) is 1. The van der Waals surface area contributed by atoms with Crippen molar-refractivity contribution in [3.63, 3.8) is 0 Å². The van der Waals surface area contributed by atoms with Crippen LogP contribution in [0.5, 0.6) is 0 Å². The summed E-state index contributed by atoms with van der Waals surface area (Å²) in [5.74, 6) is -0.231. The van der Waals surface area contributed by atoms with Crippen LogP contribution in [0.15, 0.2) is 18.2 Å². The Hall–Kier alpha value is -1.42. The SMILES string of the molecule is Cc1ccc(C(C)C(C)O)c([N+](=O)[O-])c1. The van der Waals surface area contributed by atoms with E-state index < -0.39 is 11.0 Å². The van der Waals surface area contributed by atoms with E-state index in [0.29, 0.717) is 5.56 Å². The molecule has 2 atom stereocenters. The summed E-state index contributed by atoms with van der Waals surface area (Å²) in [7, 11) is 0. The molecule has 0 aromatic heterocycles. The number of aliphatic hydroxyl groups is 1. The lowest BCUT2D eigenvalue weighted by atomic mass is 9.94. The molecule has 0 amide bonds. The van der Waals surface area contributed by atoms with Crippen LogP contribution in [-0.4, -0.2) is 16.1 Å². The molecule has 0 aliphatic rings. The maximum Gasteiger partial charge on any atom is 0.273 e. The molecule has 2 unspecified atom stereocenters. The molecule has 0 heterocycles. The molecule has 0 bridgehead atoms. The molecular formula is C11H15NO3. The number of hydrogen-bond acceptors (Lipinski definition) is 3. The van der Waals surface area contributed by atoms with Crippen LogP contribution in [0.3, 0.4) is 0 Å². The van der Waals surface area contributed by atoms with E-state index in [9.17, 15) is 15.2 Å². The van der Waals surface area contributed by atoms with E-state index in [2.05, 4.69) is 0 Å². The normalized spacial score (nSPS) is 14.7. The highest BCUT2D eigenvalue weighted by atomic mass is 16.6. The van der Waals surface area contributed by atoms with E-state index in [1.54, 1.807) is 19.9 Å². The number of rotatable bonds is 3. The Kier molecular flexibility index (Phi) is 3.42. The van der Waals surface area contributed by atoms with Crippen LogP contribution in [0.2, 0.25) is 0 Å². The van der Waals surface area contributed by atoms with Crippen molar-refractivity contribution in [2.24, 2.45) is 0 Å². The molecule has 82 valence electrons. The molecule has 0 aliphatic carbocycles. The third-order valence-corrected chi connectivity index (χ3v) is 2.60. The Morgan fingerprint density at radius 3 is 2.47 bits per heavy atom. The Morgan fingerprint density at radius 2 is 2.00 bits per heavy atom. The van der Waals surface area contributed by atoms with Gasteiger partial charge < -0.3 is 5.11 Å². The van der Waals surface area contributed by atoms with Crippen molar-refractivity contribution in [1.29, 1.82) is 0 Å². The van der Waals surface area contributed by atoms with Crippen molar-refractivity contribution in [3.8, 4) is 0 Å². The van der Waals surface area contributed by atoms with Gasteiger partial charge in [-0.05, 0) is 19.4 Å². The van der Waals surface area contributed by atoms with Gasteiger partial charge in [-0.1, -0.05) is 19.1 Å². The molecule has 1 aromatic carbocycles. The predicted molar refractivity (Wildman–Crippen MR) is 57.9 cm³/mol. The fraction of sp³-hybridized carbons (Fsp3) is 0.455. The van der Waals surface area contributed by atoms with E-state index in [4.69, 9.17) is 0 Å². The van der Waals surface area contributed by atoms with E-state index >= 15 is 0 Å². The maximum absolute atomic E-state index is 10.8. The summed E-state index contributed by atoms with van der Waals surface area (Å²) < 4.78 is 0. The zero-order valence-electron chi connectivity index (χ0n) is 9.10. The van der Waals surface area contributed by atoms with Crippen molar-refractivity contribution in [3.05, 3.63) is 39.4 Å². The summed E-state index contributed by atoms with van der Waals surface area (Å²) in [5.41, 5.74) is 1.52. The second kappa shape index (κ2) is 4.40. The first-order valence-corrected chi connectivity index (χ1v) is 4.86. The second-order valence-electron chi connectivity index (χ2n) is 3.85. The van der Waals surface area contributed by atoms with Gasteiger partial charge in [-0.25, -0.2) is 0 Å². The highest BCUT2D eigenvalue weighted by molar-refractivity contribution is 5.45. The lowest BCUT2D eigenvalue weighted by molar-refractivity contribution is -0.385. The van der Waals surface area contributed by atoms with Crippen LogP contribution < -0.4 is 0 Å². The molecule has 15 heavy (non-hydrogen) atoms. The Labute approximate surface area is 88.7 Å². The average molecular weight is 209 g/mol. The lowest BCUT2D eigenvalue weighted by Gasteiger charge is -2.15. The quantitative estimate of drug-likeness (QED) is 0.614. The monoisotopic (exact) mass is 209 g/mol. The highest BCUT2D eigenvalue weighted by Crippen LogP contribution is 2.29. The highest BCUT2D eigenvalue weighted by Gasteiger charge is 2.21. The van der Waals surface area contributed by atoms with Crippen LogP contribution in [0.4, 0.5) is 5.69 Å². The summed E-state index contributed by atoms with van der Waals surface area (Å²) in [6.45, 7) is 5.22. The van der Waals surface area contributed by atoms with Gasteiger partial charge in [0.2, 0.25) is 0 Å². The van der Waals surface area contributed by atoms with Crippen molar-refractivity contribution < 1.29 is 10.0 Å². The predicted octanol–water partition coefficient (Wildman–Crippen LogP) is 2.39. The summed E-state index contributed by atoms with van der Waals surface area (Å²) in [6, 6.07) is 5.07. The first kappa shape index (κ1) is 11.7. The molecule has 0 saturated heterocycles. The summed E-state index contributed by atoms with van der Waals surface area (Å²) in [4.78, 5) is 10.4. The topological polar surface area (TPSA) is 63.4 Å². The third-order valence-electron chi connectivity index (χ3n) is 2.60. The first-order chi connectivity index (χ1) is 6.93. The summed E-state index contributed by atoms with van der Waals surface area (Å²) >= 11 is 0. The van der Waals surface area contributed by atoms with Gasteiger partial charge in [-0.2, -0.15) is 0 Å². The van der Waals surface area contributed by atoms with Gasteiger partial charge in [-0.3, -0.25) is 10.1 Å². The van der Waals surface area contributed by atoms with Crippen LogP contribution in [0.1, 0.15) is 30.9 Å². The Bertz CT molecular complexity index is 374. The Balaban J connectivity index is 3.22. The smallest absolute Gasteiger partial charge is 0.273 e. The van der Waals surface area contributed by atoms with Crippen LogP contribution >= 0.6 is 0 Å². The van der Waals surface area contributed by atoms with Crippen LogP contribution in [-0.2, 0) is 0 Å². The van der Waals surface area contributed by atoms with Crippen molar-refractivity contribution in [2.75, 3.05) is 0 Å². The largest absolute Gasteiger partial charge is 0.393 e. The minimum Gasteiger partial charge on any atom is -0.393 e. The Morgan fingerprint density at radius 1 is 1.40 bits per heavy atom. The van der Waals surface area contributed by atoms with E-state index in [1.807, 2.05) is 13.0 Å². The standard InChI is InChI=1S/C11H15NO3/c1-7-4-5-10(8(2)9(3)13)11(6-7)12(14)15/h4-6,8-9,13H,1-3H3. The van der Waals surface area contributed by atoms with Crippen molar-refractivity contribution in [2.45, 2.75) is 32.8 Å². The third kappa shape index (κ3) is 2.53. The fourth-order valence-corrected chi connectivity index (χ4v) is 1.46. The number of benzene rings is 1. The van der Waals surface area contributed by atoms with Gasteiger partial charge in [0.1, 0.15) is 0 Å². The minimum atomic E-state index is -0.591. The summed E-state index contributed by atoms with van der Waals surface area (Å²) in [5, 5.41) is 20.3.